The fourth-order valence-electron chi connectivity index (χ4n) is 1.17. The highest BCUT2D eigenvalue weighted by atomic mass is 19.2. The van der Waals surface area contributed by atoms with Crippen LogP contribution in [-0.2, 0) is 4.79 Å². The van der Waals surface area contributed by atoms with Crippen molar-refractivity contribution in [1.29, 1.82) is 0 Å². The number of carboxylic acids is 1. The van der Waals surface area contributed by atoms with E-state index in [1.54, 1.807) is 0 Å². The molecule has 0 aromatic heterocycles. The van der Waals surface area contributed by atoms with Crippen molar-refractivity contribution in [2.45, 2.75) is 12.8 Å². The van der Waals surface area contributed by atoms with Gasteiger partial charge in [0, 0.05) is 5.56 Å². The van der Waals surface area contributed by atoms with Crippen LogP contribution in [0.4, 0.5) is 8.78 Å². The predicted molar refractivity (Wildman–Crippen MR) is 49.0 cm³/mol. The van der Waals surface area contributed by atoms with Crippen molar-refractivity contribution in [3.63, 3.8) is 0 Å². The van der Waals surface area contributed by atoms with Crippen LogP contribution in [0.25, 0.3) is 0 Å². The molecule has 0 aliphatic carbocycles. The molecule has 1 unspecified atom stereocenters. The Morgan fingerprint density at radius 2 is 2.00 bits per heavy atom. The molecule has 15 heavy (non-hydrogen) atoms. The third kappa shape index (κ3) is 2.06. The van der Waals surface area contributed by atoms with Crippen molar-refractivity contribution in [3.05, 3.63) is 29.3 Å². The van der Waals surface area contributed by atoms with E-state index in [1.165, 1.54) is 26.2 Å². The predicted octanol–water partition coefficient (Wildman–Crippen LogP) is 2.16. The minimum absolute atomic E-state index is 0.194. The van der Waals surface area contributed by atoms with Crippen molar-refractivity contribution in [2.24, 2.45) is 0 Å². The molecule has 1 N–H and O–H groups in total. The van der Waals surface area contributed by atoms with Crippen LogP contribution in [-0.4, -0.2) is 18.2 Å². The summed E-state index contributed by atoms with van der Waals surface area (Å²) < 4.78 is 31.1. The molecule has 5 heteroatoms. The molecule has 0 saturated heterocycles. The van der Waals surface area contributed by atoms with Gasteiger partial charge in [-0.3, -0.25) is 4.79 Å². The second kappa shape index (κ2) is 4.25. The van der Waals surface area contributed by atoms with E-state index in [1.807, 2.05) is 0 Å². The number of rotatable bonds is 3. The minimum Gasteiger partial charge on any atom is -0.494 e. The quantitative estimate of drug-likeness (QED) is 0.842. The van der Waals surface area contributed by atoms with Gasteiger partial charge in [0.1, 0.15) is 0 Å². The summed E-state index contributed by atoms with van der Waals surface area (Å²) in [6.45, 7) is 1.28. The van der Waals surface area contributed by atoms with Crippen LogP contribution in [0.2, 0.25) is 0 Å². The van der Waals surface area contributed by atoms with Gasteiger partial charge in [0.05, 0.1) is 13.0 Å². The van der Waals surface area contributed by atoms with E-state index in [9.17, 15) is 13.6 Å². The number of carboxylic acid groups (broad SMARTS) is 1. The van der Waals surface area contributed by atoms with Crippen LogP contribution >= 0.6 is 0 Å². The Morgan fingerprint density at radius 1 is 1.40 bits per heavy atom. The Labute approximate surface area is 85.3 Å². The molecule has 3 nitrogen and oxygen atoms in total. The fraction of sp³-hybridized carbons (Fsp3) is 0.300. The average Bonchev–Trinajstić information content (AvgIpc) is 2.21. The average molecular weight is 216 g/mol. The second-order valence-electron chi connectivity index (χ2n) is 3.04. The van der Waals surface area contributed by atoms with E-state index < -0.39 is 23.5 Å². The molecule has 82 valence electrons. The van der Waals surface area contributed by atoms with Gasteiger partial charge >= 0.3 is 5.97 Å². The minimum atomic E-state index is -1.21. The molecule has 0 aliphatic rings. The Bertz CT molecular complexity index is 390. The number of hydrogen-bond donors (Lipinski definition) is 1. The topological polar surface area (TPSA) is 46.5 Å². The van der Waals surface area contributed by atoms with Crippen molar-refractivity contribution >= 4 is 5.97 Å². The molecule has 0 radical (unpaired) electrons. The zero-order valence-electron chi connectivity index (χ0n) is 8.25. The lowest BCUT2D eigenvalue weighted by molar-refractivity contribution is -0.138. The summed E-state index contributed by atoms with van der Waals surface area (Å²) in [4.78, 5) is 10.6. The van der Waals surface area contributed by atoms with Crippen LogP contribution in [0.15, 0.2) is 12.1 Å². The van der Waals surface area contributed by atoms with Crippen LogP contribution in [0, 0.1) is 11.6 Å². The first-order valence-corrected chi connectivity index (χ1v) is 4.23. The third-order valence-electron chi connectivity index (χ3n) is 2.13. The number of ether oxygens (including phenoxy) is 1. The maximum atomic E-state index is 13.3. The first-order valence-electron chi connectivity index (χ1n) is 4.23. The number of carbonyl (C=O) groups is 1. The maximum Gasteiger partial charge on any atom is 0.310 e. The number of halogens is 2. The highest BCUT2D eigenvalue weighted by molar-refractivity contribution is 5.75. The highest BCUT2D eigenvalue weighted by Gasteiger charge is 2.22. The van der Waals surface area contributed by atoms with E-state index in [0.29, 0.717) is 0 Å². The van der Waals surface area contributed by atoms with Gasteiger partial charge in [-0.05, 0) is 13.0 Å². The van der Waals surface area contributed by atoms with E-state index in [2.05, 4.69) is 4.74 Å². The maximum absolute atomic E-state index is 13.3. The van der Waals surface area contributed by atoms with Crippen LogP contribution < -0.4 is 4.74 Å². The lowest BCUT2D eigenvalue weighted by Crippen LogP contribution is -2.10. The van der Waals surface area contributed by atoms with Crippen LogP contribution in [0.3, 0.4) is 0 Å². The van der Waals surface area contributed by atoms with Crippen molar-refractivity contribution in [1.82, 2.24) is 0 Å². The molecule has 1 aromatic rings. The SMILES string of the molecule is COc1ccc(C(C)C(=O)O)c(F)c1F. The Kier molecular flexibility index (Phi) is 3.24. The summed E-state index contributed by atoms with van der Waals surface area (Å²) in [5, 5.41) is 8.66. The highest BCUT2D eigenvalue weighted by Crippen LogP contribution is 2.27. The molecule has 0 aliphatic heterocycles. The number of aliphatic carboxylic acids is 1. The summed E-state index contributed by atoms with van der Waals surface area (Å²) >= 11 is 0. The zero-order chi connectivity index (χ0) is 11.6. The van der Waals surface area contributed by atoms with Crippen molar-refractivity contribution in [2.75, 3.05) is 7.11 Å². The summed E-state index contributed by atoms with van der Waals surface area (Å²) in [5.74, 6) is -4.88. The van der Waals surface area contributed by atoms with Crippen molar-refractivity contribution in [3.8, 4) is 5.75 Å². The normalized spacial score (nSPS) is 12.3. The molecule has 0 spiro atoms. The summed E-state index contributed by atoms with van der Waals surface area (Å²) in [6, 6.07) is 2.41. The molecule has 0 fully saturated rings. The summed E-state index contributed by atoms with van der Waals surface area (Å²) in [7, 11) is 1.21. The third-order valence-corrected chi connectivity index (χ3v) is 2.13. The van der Waals surface area contributed by atoms with Gasteiger partial charge in [-0.25, -0.2) is 4.39 Å². The lowest BCUT2D eigenvalue weighted by atomic mass is 10.0. The smallest absolute Gasteiger partial charge is 0.310 e. The van der Waals surface area contributed by atoms with E-state index in [4.69, 9.17) is 5.11 Å². The Morgan fingerprint density at radius 3 is 2.47 bits per heavy atom. The molecule has 0 amide bonds. The molecule has 1 rings (SSSR count). The molecule has 0 bridgehead atoms. The Balaban J connectivity index is 3.23. The van der Waals surface area contributed by atoms with Gasteiger partial charge < -0.3 is 9.84 Å². The molecule has 0 saturated carbocycles. The lowest BCUT2D eigenvalue weighted by Gasteiger charge is -2.10. The number of hydrogen-bond acceptors (Lipinski definition) is 2. The first kappa shape index (κ1) is 11.4. The van der Waals surface area contributed by atoms with Gasteiger partial charge in [0.2, 0.25) is 5.82 Å². The molecule has 1 atom stereocenters. The van der Waals surface area contributed by atoms with E-state index in [-0.39, 0.29) is 11.3 Å². The molecule has 1 aromatic carbocycles. The van der Waals surface area contributed by atoms with Crippen molar-refractivity contribution < 1.29 is 23.4 Å². The van der Waals surface area contributed by atoms with Gasteiger partial charge in [-0.2, -0.15) is 4.39 Å². The standard InChI is InChI=1S/C10H10F2O3/c1-5(10(13)14)6-3-4-7(15-2)9(12)8(6)11/h3-5H,1-2H3,(H,13,14). The second-order valence-corrected chi connectivity index (χ2v) is 3.04. The van der Waals surface area contributed by atoms with Gasteiger partial charge in [0.25, 0.3) is 0 Å². The summed E-state index contributed by atoms with van der Waals surface area (Å²) in [5.41, 5.74) is -0.194. The van der Waals surface area contributed by atoms with E-state index >= 15 is 0 Å². The molecular weight excluding hydrogens is 206 g/mol. The van der Waals surface area contributed by atoms with Gasteiger partial charge in [-0.15, -0.1) is 0 Å². The Hall–Kier alpha value is -1.65. The first-order chi connectivity index (χ1) is 6.99. The van der Waals surface area contributed by atoms with Gasteiger partial charge in [0.15, 0.2) is 11.6 Å². The largest absolute Gasteiger partial charge is 0.494 e. The van der Waals surface area contributed by atoms with Crippen LogP contribution in [0.5, 0.6) is 5.75 Å². The number of benzene rings is 1. The number of methoxy groups -OCH3 is 1. The van der Waals surface area contributed by atoms with Crippen LogP contribution in [0.1, 0.15) is 18.4 Å². The zero-order valence-corrected chi connectivity index (χ0v) is 8.25. The van der Waals surface area contributed by atoms with Gasteiger partial charge in [-0.1, -0.05) is 6.07 Å². The molecule has 0 heterocycles. The monoisotopic (exact) mass is 216 g/mol. The van der Waals surface area contributed by atoms with E-state index in [0.717, 1.165) is 0 Å². The fourth-order valence-corrected chi connectivity index (χ4v) is 1.17. The summed E-state index contributed by atoms with van der Waals surface area (Å²) in [6.07, 6.45) is 0. The molecular formula is C10H10F2O3.